The lowest BCUT2D eigenvalue weighted by atomic mass is 9.59. The minimum absolute atomic E-state index is 0.0624. The fraction of sp³-hybridized carbons (Fsp3) is 0.667. The number of hydrogen-bond acceptors (Lipinski definition) is 5. The molecule has 1 aliphatic carbocycles. The molecular formula is C21H31N7O2. The van der Waals surface area contributed by atoms with E-state index in [0.717, 1.165) is 38.8 Å². The molecule has 0 N–H and O–H groups in total. The molecule has 3 heterocycles. The van der Waals surface area contributed by atoms with Crippen LogP contribution in [0.4, 0.5) is 0 Å². The van der Waals surface area contributed by atoms with Gasteiger partial charge in [-0.05, 0) is 57.9 Å². The Labute approximate surface area is 177 Å². The van der Waals surface area contributed by atoms with Crippen LogP contribution in [0.5, 0.6) is 0 Å². The molecule has 0 radical (unpaired) electrons. The summed E-state index contributed by atoms with van der Waals surface area (Å²) in [5.74, 6) is 0.000472. The largest absolute Gasteiger partial charge is 0.338 e. The molecule has 2 aromatic heterocycles. The third-order valence-electron chi connectivity index (χ3n) is 7.00. The second-order valence-corrected chi connectivity index (χ2v) is 8.30. The molecule has 9 nitrogen and oxygen atoms in total. The number of hydrogen-bond donors (Lipinski definition) is 0. The second kappa shape index (κ2) is 8.20. The zero-order chi connectivity index (χ0) is 21.3. The van der Waals surface area contributed by atoms with Crippen molar-refractivity contribution in [3.8, 4) is 0 Å². The Morgan fingerprint density at radius 1 is 1.17 bits per heavy atom. The van der Waals surface area contributed by atoms with Crippen molar-refractivity contribution >= 4 is 11.8 Å². The van der Waals surface area contributed by atoms with E-state index >= 15 is 0 Å². The molecule has 1 saturated heterocycles. The first-order chi connectivity index (χ1) is 14.5. The molecule has 0 aromatic carbocycles. The van der Waals surface area contributed by atoms with Crippen LogP contribution in [0.15, 0.2) is 18.5 Å². The minimum Gasteiger partial charge on any atom is -0.338 e. The molecule has 30 heavy (non-hydrogen) atoms. The van der Waals surface area contributed by atoms with Gasteiger partial charge < -0.3 is 9.80 Å². The molecule has 0 bridgehead atoms. The van der Waals surface area contributed by atoms with E-state index in [1.807, 2.05) is 36.5 Å². The van der Waals surface area contributed by atoms with Gasteiger partial charge in [0.2, 0.25) is 0 Å². The maximum Gasteiger partial charge on any atom is 0.276 e. The number of amides is 2. The highest BCUT2D eigenvalue weighted by atomic mass is 16.2. The van der Waals surface area contributed by atoms with Crippen LogP contribution in [0.1, 0.15) is 73.5 Å². The van der Waals surface area contributed by atoms with Crippen molar-refractivity contribution in [3.05, 3.63) is 29.8 Å². The Kier molecular flexibility index (Phi) is 5.62. The van der Waals surface area contributed by atoms with E-state index in [2.05, 4.69) is 15.4 Å². The molecule has 1 atom stereocenters. The third kappa shape index (κ3) is 3.40. The minimum atomic E-state index is -0.0624. The Morgan fingerprint density at radius 2 is 1.90 bits per heavy atom. The summed E-state index contributed by atoms with van der Waals surface area (Å²) < 4.78 is 3.65. The summed E-state index contributed by atoms with van der Waals surface area (Å²) in [4.78, 5) is 29.2. The van der Waals surface area contributed by atoms with Gasteiger partial charge in [-0.3, -0.25) is 14.3 Å². The summed E-state index contributed by atoms with van der Waals surface area (Å²) in [5.41, 5.74) is 1.22. The van der Waals surface area contributed by atoms with Crippen molar-refractivity contribution in [1.29, 1.82) is 0 Å². The third-order valence-corrected chi connectivity index (χ3v) is 7.00. The molecule has 162 valence electrons. The van der Waals surface area contributed by atoms with E-state index in [1.54, 1.807) is 21.8 Å². The van der Waals surface area contributed by atoms with Gasteiger partial charge in [0.25, 0.3) is 11.8 Å². The smallest absolute Gasteiger partial charge is 0.276 e. The van der Waals surface area contributed by atoms with Gasteiger partial charge in [0.05, 0.1) is 12.2 Å². The Bertz CT molecular complexity index is 906. The van der Waals surface area contributed by atoms with Crippen LogP contribution in [-0.4, -0.2) is 72.6 Å². The molecule has 2 fully saturated rings. The molecule has 2 aliphatic rings. The molecule has 2 aromatic rings. The van der Waals surface area contributed by atoms with Crippen LogP contribution in [-0.2, 0) is 6.54 Å². The predicted octanol–water partition coefficient (Wildman–Crippen LogP) is 2.23. The predicted molar refractivity (Wildman–Crippen MR) is 111 cm³/mol. The van der Waals surface area contributed by atoms with E-state index < -0.39 is 0 Å². The van der Waals surface area contributed by atoms with Gasteiger partial charge in [-0.1, -0.05) is 5.21 Å². The SMILES string of the molecule is CCN(CC)C(=O)c1cn(C2CCC23CCN(C(=O)c2ccnn2CC)CC3)nn1. The van der Waals surface area contributed by atoms with E-state index in [1.165, 1.54) is 0 Å². The number of rotatable bonds is 6. The van der Waals surface area contributed by atoms with Crippen molar-refractivity contribution < 1.29 is 9.59 Å². The number of likely N-dealkylation sites (tertiary alicyclic amines) is 1. The van der Waals surface area contributed by atoms with Crippen LogP contribution >= 0.6 is 0 Å². The highest BCUT2D eigenvalue weighted by Gasteiger charge is 2.50. The maximum absolute atomic E-state index is 12.9. The fourth-order valence-electron chi connectivity index (χ4n) is 4.96. The van der Waals surface area contributed by atoms with Crippen molar-refractivity contribution in [2.24, 2.45) is 5.41 Å². The van der Waals surface area contributed by atoms with Crippen molar-refractivity contribution in [2.75, 3.05) is 26.2 Å². The van der Waals surface area contributed by atoms with Crippen molar-refractivity contribution in [2.45, 2.75) is 59.0 Å². The summed E-state index contributed by atoms with van der Waals surface area (Å²) in [5, 5.41) is 12.7. The van der Waals surface area contributed by atoms with E-state index in [0.29, 0.717) is 31.0 Å². The van der Waals surface area contributed by atoms with Gasteiger partial charge in [0, 0.05) is 38.9 Å². The van der Waals surface area contributed by atoms with Crippen molar-refractivity contribution in [3.63, 3.8) is 0 Å². The Morgan fingerprint density at radius 3 is 2.50 bits per heavy atom. The Hall–Kier alpha value is -2.71. The first-order valence-corrected chi connectivity index (χ1v) is 11.0. The molecule has 1 saturated carbocycles. The molecule has 2 amide bonds. The standard InChI is InChI=1S/C21H31N7O2/c1-4-25(5-2)19(29)16-15-28(24-23-16)18-7-9-21(18)10-13-26(14-11-21)20(30)17-8-12-22-27(17)6-3/h8,12,15,18H,4-7,9-11,13-14H2,1-3H3. The topological polar surface area (TPSA) is 89.2 Å². The number of piperidine rings is 1. The molecule has 4 rings (SSSR count). The van der Waals surface area contributed by atoms with Gasteiger partial charge in [-0.15, -0.1) is 5.10 Å². The lowest BCUT2D eigenvalue weighted by Crippen LogP contribution is -2.51. The molecule has 1 spiro atoms. The lowest BCUT2D eigenvalue weighted by molar-refractivity contribution is -0.0270. The number of aryl methyl sites for hydroxylation is 1. The summed E-state index contributed by atoms with van der Waals surface area (Å²) in [6.45, 7) is 9.42. The van der Waals surface area contributed by atoms with Crippen molar-refractivity contribution in [1.82, 2.24) is 34.6 Å². The average Bonchev–Trinajstić information content (AvgIpc) is 3.43. The number of aromatic nitrogens is 5. The fourth-order valence-corrected chi connectivity index (χ4v) is 4.96. The number of carbonyl (C=O) groups is 2. The highest BCUT2D eigenvalue weighted by molar-refractivity contribution is 5.92. The van der Waals surface area contributed by atoms with Gasteiger partial charge in [0.1, 0.15) is 5.69 Å². The second-order valence-electron chi connectivity index (χ2n) is 8.30. The van der Waals surface area contributed by atoms with E-state index in [-0.39, 0.29) is 23.3 Å². The first kappa shape index (κ1) is 20.6. The maximum atomic E-state index is 12.9. The summed E-state index contributed by atoms with van der Waals surface area (Å²) in [6, 6.07) is 2.05. The van der Waals surface area contributed by atoms with Gasteiger partial charge in [-0.25, -0.2) is 4.68 Å². The number of nitrogens with zero attached hydrogens (tertiary/aromatic N) is 7. The average molecular weight is 414 g/mol. The molecule has 1 aliphatic heterocycles. The zero-order valence-electron chi connectivity index (χ0n) is 18.1. The molecule has 9 heteroatoms. The van der Waals surface area contributed by atoms with Crippen LogP contribution in [0.25, 0.3) is 0 Å². The molecular weight excluding hydrogens is 382 g/mol. The van der Waals surface area contributed by atoms with Crippen LogP contribution in [0.2, 0.25) is 0 Å². The summed E-state index contributed by atoms with van der Waals surface area (Å²) in [6.07, 6.45) is 7.56. The monoisotopic (exact) mass is 413 g/mol. The number of carbonyl (C=O) groups excluding carboxylic acids is 2. The van der Waals surface area contributed by atoms with E-state index in [4.69, 9.17) is 0 Å². The summed E-state index contributed by atoms with van der Waals surface area (Å²) in [7, 11) is 0. The Balaban J connectivity index is 1.42. The molecule has 1 unspecified atom stereocenters. The zero-order valence-corrected chi connectivity index (χ0v) is 18.1. The highest BCUT2D eigenvalue weighted by Crippen LogP contribution is 2.56. The van der Waals surface area contributed by atoms with Crippen LogP contribution in [0, 0.1) is 5.41 Å². The van der Waals surface area contributed by atoms with Gasteiger partial charge >= 0.3 is 0 Å². The van der Waals surface area contributed by atoms with E-state index in [9.17, 15) is 9.59 Å². The van der Waals surface area contributed by atoms with Crippen LogP contribution in [0.3, 0.4) is 0 Å². The quantitative estimate of drug-likeness (QED) is 0.725. The van der Waals surface area contributed by atoms with Gasteiger partial charge in [0.15, 0.2) is 5.69 Å². The summed E-state index contributed by atoms with van der Waals surface area (Å²) >= 11 is 0. The normalized spacial score (nSPS) is 20.2. The first-order valence-electron chi connectivity index (χ1n) is 11.0. The van der Waals surface area contributed by atoms with Gasteiger partial charge in [-0.2, -0.15) is 5.10 Å². The van der Waals surface area contributed by atoms with Crippen LogP contribution < -0.4 is 0 Å². The lowest BCUT2D eigenvalue weighted by Gasteiger charge is -2.53.